The number of hydrazone groups is 1. The SMILES string of the molecule is CC1C(C(=O)O)=NN2CCC(C3COCCO3)OC12. The first-order valence-corrected chi connectivity index (χ1v) is 6.60. The van der Waals surface area contributed by atoms with Crippen molar-refractivity contribution in [2.75, 3.05) is 26.4 Å². The highest BCUT2D eigenvalue weighted by Gasteiger charge is 2.44. The van der Waals surface area contributed by atoms with Gasteiger partial charge in [0.2, 0.25) is 0 Å². The molecule has 7 nitrogen and oxygen atoms in total. The average molecular weight is 270 g/mol. The lowest BCUT2D eigenvalue weighted by Crippen LogP contribution is -2.51. The third kappa shape index (κ3) is 2.33. The van der Waals surface area contributed by atoms with Crippen molar-refractivity contribution in [2.45, 2.75) is 31.8 Å². The number of nitrogens with zero attached hydrogens (tertiary/aromatic N) is 2. The zero-order valence-corrected chi connectivity index (χ0v) is 10.8. The summed E-state index contributed by atoms with van der Waals surface area (Å²) in [6.45, 7) is 4.28. The van der Waals surface area contributed by atoms with Crippen molar-refractivity contribution >= 4 is 11.7 Å². The summed E-state index contributed by atoms with van der Waals surface area (Å²) < 4.78 is 17.0. The highest BCUT2D eigenvalue weighted by Crippen LogP contribution is 2.31. The summed E-state index contributed by atoms with van der Waals surface area (Å²) in [5.41, 5.74) is 0.173. The monoisotopic (exact) mass is 270 g/mol. The van der Waals surface area contributed by atoms with Gasteiger partial charge in [0.05, 0.1) is 31.8 Å². The first kappa shape index (κ1) is 12.8. The summed E-state index contributed by atoms with van der Waals surface area (Å²) in [7, 11) is 0. The number of carbonyl (C=O) groups is 1. The maximum absolute atomic E-state index is 11.1. The Labute approximate surface area is 111 Å². The third-order valence-electron chi connectivity index (χ3n) is 3.82. The summed E-state index contributed by atoms with van der Waals surface area (Å²) in [4.78, 5) is 11.1. The van der Waals surface area contributed by atoms with E-state index in [1.807, 2.05) is 6.92 Å². The molecule has 3 rings (SSSR count). The largest absolute Gasteiger partial charge is 0.477 e. The number of fused-ring (bicyclic) bond motifs is 1. The van der Waals surface area contributed by atoms with Gasteiger partial charge in [0.25, 0.3) is 0 Å². The molecule has 3 aliphatic rings. The van der Waals surface area contributed by atoms with Crippen LogP contribution in [-0.2, 0) is 19.0 Å². The van der Waals surface area contributed by atoms with E-state index >= 15 is 0 Å². The van der Waals surface area contributed by atoms with Crippen molar-refractivity contribution in [3.63, 3.8) is 0 Å². The molecule has 0 aromatic carbocycles. The van der Waals surface area contributed by atoms with Crippen LogP contribution in [0.5, 0.6) is 0 Å². The standard InChI is InChI=1S/C12H18N2O5/c1-7-10(12(15)16)13-14-3-2-8(19-11(7)14)9-6-17-4-5-18-9/h7-9,11H,2-6H2,1H3,(H,15,16). The predicted octanol–water partition coefficient (Wildman–Crippen LogP) is -0.0909. The molecule has 0 saturated carbocycles. The van der Waals surface area contributed by atoms with E-state index in [0.29, 0.717) is 26.4 Å². The highest BCUT2D eigenvalue weighted by molar-refractivity contribution is 6.36. The molecule has 19 heavy (non-hydrogen) atoms. The van der Waals surface area contributed by atoms with Crippen LogP contribution < -0.4 is 0 Å². The molecule has 106 valence electrons. The van der Waals surface area contributed by atoms with Crippen molar-refractivity contribution in [1.29, 1.82) is 0 Å². The Kier molecular flexibility index (Phi) is 3.42. The number of rotatable bonds is 2. The van der Waals surface area contributed by atoms with Crippen molar-refractivity contribution in [2.24, 2.45) is 11.0 Å². The van der Waals surface area contributed by atoms with Crippen LogP contribution in [0.4, 0.5) is 0 Å². The summed E-state index contributed by atoms with van der Waals surface area (Å²) in [6.07, 6.45) is 0.368. The van der Waals surface area contributed by atoms with E-state index in [4.69, 9.17) is 19.3 Å². The molecule has 0 aromatic rings. The fraction of sp³-hybridized carbons (Fsp3) is 0.833. The lowest BCUT2D eigenvalue weighted by atomic mass is 10.0. The minimum atomic E-state index is -0.973. The Balaban J connectivity index is 1.66. The molecule has 2 saturated heterocycles. The van der Waals surface area contributed by atoms with E-state index in [0.717, 1.165) is 6.42 Å². The van der Waals surface area contributed by atoms with Crippen molar-refractivity contribution in [3.8, 4) is 0 Å². The molecule has 2 fully saturated rings. The molecule has 1 N–H and O–H groups in total. The van der Waals surface area contributed by atoms with Crippen LogP contribution in [-0.4, -0.2) is 66.6 Å². The Morgan fingerprint density at radius 3 is 2.95 bits per heavy atom. The van der Waals surface area contributed by atoms with Gasteiger partial charge in [-0.2, -0.15) is 5.10 Å². The van der Waals surface area contributed by atoms with E-state index in [2.05, 4.69) is 5.10 Å². The van der Waals surface area contributed by atoms with Crippen LogP contribution in [0.2, 0.25) is 0 Å². The highest BCUT2D eigenvalue weighted by atomic mass is 16.6. The second-order valence-electron chi connectivity index (χ2n) is 5.08. The predicted molar refractivity (Wildman–Crippen MR) is 64.8 cm³/mol. The summed E-state index contributed by atoms with van der Waals surface area (Å²) in [6, 6.07) is 0. The van der Waals surface area contributed by atoms with Crippen LogP contribution >= 0.6 is 0 Å². The maximum Gasteiger partial charge on any atom is 0.352 e. The normalized spacial score (nSPS) is 38.8. The van der Waals surface area contributed by atoms with E-state index in [9.17, 15) is 4.79 Å². The van der Waals surface area contributed by atoms with Crippen LogP contribution in [0.1, 0.15) is 13.3 Å². The van der Waals surface area contributed by atoms with Gasteiger partial charge in [-0.3, -0.25) is 5.01 Å². The Morgan fingerprint density at radius 1 is 1.42 bits per heavy atom. The fourth-order valence-corrected chi connectivity index (χ4v) is 2.78. The van der Waals surface area contributed by atoms with Gasteiger partial charge < -0.3 is 19.3 Å². The van der Waals surface area contributed by atoms with Gasteiger partial charge in [0, 0.05) is 6.54 Å². The topological polar surface area (TPSA) is 80.6 Å². The van der Waals surface area contributed by atoms with Crippen molar-refractivity contribution in [1.82, 2.24) is 5.01 Å². The quantitative estimate of drug-likeness (QED) is 0.755. The lowest BCUT2D eigenvalue weighted by Gasteiger charge is -2.40. The second kappa shape index (κ2) is 5.07. The van der Waals surface area contributed by atoms with Crippen LogP contribution in [0.3, 0.4) is 0 Å². The van der Waals surface area contributed by atoms with Crippen molar-refractivity contribution in [3.05, 3.63) is 0 Å². The molecular formula is C12H18N2O5. The smallest absolute Gasteiger partial charge is 0.352 e. The second-order valence-corrected chi connectivity index (χ2v) is 5.08. The number of ether oxygens (including phenoxy) is 3. The lowest BCUT2D eigenvalue weighted by molar-refractivity contribution is -0.209. The number of aliphatic carboxylic acids is 1. The molecule has 0 aromatic heterocycles. The number of carboxylic acid groups (broad SMARTS) is 1. The first-order valence-electron chi connectivity index (χ1n) is 6.60. The molecule has 3 aliphatic heterocycles. The van der Waals surface area contributed by atoms with Crippen LogP contribution in [0.25, 0.3) is 0 Å². The van der Waals surface area contributed by atoms with Gasteiger partial charge in [-0.25, -0.2) is 4.79 Å². The molecular weight excluding hydrogens is 252 g/mol. The van der Waals surface area contributed by atoms with E-state index < -0.39 is 5.97 Å². The molecule has 3 heterocycles. The molecule has 0 bridgehead atoms. The average Bonchev–Trinajstić information content (AvgIpc) is 2.77. The number of hydrogen-bond acceptors (Lipinski definition) is 6. The van der Waals surface area contributed by atoms with E-state index in [-0.39, 0.29) is 30.1 Å². The van der Waals surface area contributed by atoms with Gasteiger partial charge in [-0.05, 0) is 6.42 Å². The molecule has 0 amide bonds. The molecule has 0 spiro atoms. The third-order valence-corrected chi connectivity index (χ3v) is 3.82. The van der Waals surface area contributed by atoms with Crippen LogP contribution in [0.15, 0.2) is 5.10 Å². The maximum atomic E-state index is 11.1. The molecule has 0 radical (unpaired) electrons. The zero-order chi connectivity index (χ0) is 13.4. The molecule has 7 heteroatoms. The van der Waals surface area contributed by atoms with Gasteiger partial charge in [-0.1, -0.05) is 6.92 Å². The Bertz CT molecular complexity index is 394. The summed E-state index contributed by atoms with van der Waals surface area (Å²) in [5.74, 6) is -1.20. The Morgan fingerprint density at radius 2 is 2.26 bits per heavy atom. The van der Waals surface area contributed by atoms with Crippen LogP contribution in [0, 0.1) is 5.92 Å². The number of carboxylic acids is 1. The molecule has 0 aliphatic carbocycles. The zero-order valence-electron chi connectivity index (χ0n) is 10.8. The minimum absolute atomic E-state index is 0.0488. The summed E-state index contributed by atoms with van der Waals surface area (Å²) >= 11 is 0. The Hall–Kier alpha value is -1.18. The first-order chi connectivity index (χ1) is 9.16. The van der Waals surface area contributed by atoms with Gasteiger partial charge in [0.1, 0.15) is 6.10 Å². The number of hydrogen-bond donors (Lipinski definition) is 1. The van der Waals surface area contributed by atoms with Crippen molar-refractivity contribution < 1.29 is 24.1 Å². The fourth-order valence-electron chi connectivity index (χ4n) is 2.78. The van der Waals surface area contributed by atoms with Gasteiger partial charge in [-0.15, -0.1) is 0 Å². The molecule has 4 atom stereocenters. The van der Waals surface area contributed by atoms with E-state index in [1.165, 1.54) is 0 Å². The minimum Gasteiger partial charge on any atom is -0.477 e. The van der Waals surface area contributed by atoms with Gasteiger partial charge in [0.15, 0.2) is 11.9 Å². The summed E-state index contributed by atoms with van der Waals surface area (Å²) in [5, 5.41) is 14.9. The van der Waals surface area contributed by atoms with Gasteiger partial charge >= 0.3 is 5.97 Å². The molecule has 4 unspecified atom stereocenters. The van der Waals surface area contributed by atoms with E-state index in [1.54, 1.807) is 5.01 Å².